The van der Waals surface area contributed by atoms with E-state index in [1.165, 1.54) is 25.1 Å². The molecule has 1 aromatic rings. The molecular formula is C12H12ClN3O2S. The zero-order chi connectivity index (χ0) is 14.7. The van der Waals surface area contributed by atoms with Gasteiger partial charge in [-0.3, -0.25) is 0 Å². The summed E-state index contributed by atoms with van der Waals surface area (Å²) in [5.74, 6) is 0. The second-order valence-electron chi connectivity index (χ2n) is 4.16. The molecule has 0 amide bonds. The standard InChI is InChI=1S/C12H12ClN3O2S/c1-3-12(2,8-15)16-19(17,18)11-5-4-9(7-14)6-10(11)13/h4-6,16H,3H2,1-2H3. The van der Waals surface area contributed by atoms with E-state index in [1.54, 1.807) is 6.92 Å². The highest BCUT2D eigenvalue weighted by Gasteiger charge is 2.30. The van der Waals surface area contributed by atoms with E-state index in [0.717, 1.165) is 0 Å². The lowest BCUT2D eigenvalue weighted by Gasteiger charge is -2.21. The largest absolute Gasteiger partial charge is 0.243 e. The molecule has 0 fully saturated rings. The molecule has 0 aliphatic heterocycles. The molecule has 0 bridgehead atoms. The van der Waals surface area contributed by atoms with E-state index in [1.807, 2.05) is 12.1 Å². The minimum Gasteiger partial charge on any atom is -0.207 e. The number of nitrogens with one attached hydrogen (secondary N) is 1. The van der Waals surface area contributed by atoms with Crippen LogP contribution in [-0.2, 0) is 10.0 Å². The molecule has 1 unspecified atom stereocenters. The summed E-state index contributed by atoms with van der Waals surface area (Å²) < 4.78 is 26.6. The summed E-state index contributed by atoms with van der Waals surface area (Å²) in [4.78, 5) is -0.150. The van der Waals surface area contributed by atoms with E-state index in [4.69, 9.17) is 22.1 Å². The quantitative estimate of drug-likeness (QED) is 0.921. The topological polar surface area (TPSA) is 93.8 Å². The first-order valence-electron chi connectivity index (χ1n) is 5.43. The van der Waals surface area contributed by atoms with Crippen molar-refractivity contribution in [1.82, 2.24) is 4.72 Å². The second kappa shape index (κ2) is 5.58. The fourth-order valence-corrected chi connectivity index (χ4v) is 3.26. The zero-order valence-corrected chi connectivity index (χ0v) is 12.0. The summed E-state index contributed by atoms with van der Waals surface area (Å²) in [5, 5.41) is 17.6. The molecule has 0 heterocycles. The number of nitriles is 2. The van der Waals surface area contributed by atoms with E-state index in [2.05, 4.69) is 4.72 Å². The summed E-state index contributed by atoms with van der Waals surface area (Å²) in [7, 11) is -3.91. The van der Waals surface area contributed by atoms with Crippen LogP contribution in [-0.4, -0.2) is 14.0 Å². The Morgan fingerprint density at radius 3 is 2.47 bits per heavy atom. The molecule has 0 aliphatic rings. The maximum Gasteiger partial charge on any atom is 0.243 e. The van der Waals surface area contributed by atoms with Crippen molar-refractivity contribution in [1.29, 1.82) is 10.5 Å². The van der Waals surface area contributed by atoms with Gasteiger partial charge in [0.2, 0.25) is 10.0 Å². The van der Waals surface area contributed by atoms with E-state index in [9.17, 15) is 8.42 Å². The van der Waals surface area contributed by atoms with Gasteiger partial charge in [0.05, 0.1) is 22.7 Å². The number of halogens is 1. The Labute approximate surface area is 117 Å². The maximum atomic E-state index is 12.2. The first-order chi connectivity index (χ1) is 8.78. The van der Waals surface area contributed by atoms with Gasteiger partial charge in [0.25, 0.3) is 0 Å². The summed E-state index contributed by atoms with van der Waals surface area (Å²) in [6, 6.07) is 7.65. The van der Waals surface area contributed by atoms with Gasteiger partial charge in [0, 0.05) is 0 Å². The molecule has 1 aromatic carbocycles. The second-order valence-corrected chi connectivity index (χ2v) is 6.22. The third-order valence-electron chi connectivity index (χ3n) is 2.66. The molecule has 19 heavy (non-hydrogen) atoms. The Bertz CT molecular complexity index is 673. The Balaban J connectivity index is 3.23. The summed E-state index contributed by atoms with van der Waals surface area (Å²) in [6.07, 6.45) is 0.316. The van der Waals surface area contributed by atoms with Crippen LogP contribution in [0.15, 0.2) is 23.1 Å². The highest BCUT2D eigenvalue weighted by Crippen LogP contribution is 2.24. The molecule has 1 rings (SSSR count). The Morgan fingerprint density at radius 2 is 2.05 bits per heavy atom. The fraction of sp³-hybridized carbons (Fsp3) is 0.333. The third-order valence-corrected chi connectivity index (χ3v) is 4.74. The predicted octanol–water partition coefficient (Wildman–Crippen LogP) is 2.18. The van der Waals surface area contributed by atoms with Gasteiger partial charge in [-0.25, -0.2) is 8.42 Å². The minimum atomic E-state index is -3.91. The highest BCUT2D eigenvalue weighted by atomic mass is 35.5. The zero-order valence-electron chi connectivity index (χ0n) is 10.4. The number of nitrogens with zero attached hydrogens (tertiary/aromatic N) is 2. The van der Waals surface area contributed by atoms with Gasteiger partial charge in [0.1, 0.15) is 10.4 Å². The number of benzene rings is 1. The number of hydrogen-bond acceptors (Lipinski definition) is 4. The van der Waals surface area contributed by atoms with Crippen LogP contribution in [0.2, 0.25) is 5.02 Å². The molecule has 0 aromatic heterocycles. The number of rotatable bonds is 4. The van der Waals surface area contributed by atoms with Crippen LogP contribution in [0.3, 0.4) is 0 Å². The van der Waals surface area contributed by atoms with Crippen molar-refractivity contribution in [3.63, 3.8) is 0 Å². The van der Waals surface area contributed by atoms with Gasteiger partial charge in [-0.05, 0) is 31.5 Å². The van der Waals surface area contributed by atoms with E-state index >= 15 is 0 Å². The van der Waals surface area contributed by atoms with Crippen molar-refractivity contribution in [3.05, 3.63) is 28.8 Å². The van der Waals surface area contributed by atoms with Crippen LogP contribution in [0.25, 0.3) is 0 Å². The molecule has 7 heteroatoms. The lowest BCUT2D eigenvalue weighted by molar-refractivity contribution is 0.495. The van der Waals surface area contributed by atoms with Gasteiger partial charge in [-0.1, -0.05) is 18.5 Å². The highest BCUT2D eigenvalue weighted by molar-refractivity contribution is 7.89. The average Bonchev–Trinajstić information content (AvgIpc) is 2.37. The lowest BCUT2D eigenvalue weighted by atomic mass is 10.0. The van der Waals surface area contributed by atoms with Crippen molar-refractivity contribution in [2.24, 2.45) is 0 Å². The smallest absolute Gasteiger partial charge is 0.207 e. The van der Waals surface area contributed by atoms with Crippen molar-refractivity contribution in [2.45, 2.75) is 30.7 Å². The predicted molar refractivity (Wildman–Crippen MR) is 70.8 cm³/mol. The number of sulfonamides is 1. The summed E-state index contributed by atoms with van der Waals surface area (Å²) in [5.41, 5.74) is -0.932. The first kappa shape index (κ1) is 15.5. The summed E-state index contributed by atoms with van der Waals surface area (Å²) in [6.45, 7) is 3.19. The molecule has 1 atom stereocenters. The summed E-state index contributed by atoms with van der Waals surface area (Å²) >= 11 is 5.85. The minimum absolute atomic E-state index is 0.0528. The van der Waals surface area contributed by atoms with Crippen molar-refractivity contribution in [2.75, 3.05) is 0 Å². The van der Waals surface area contributed by atoms with Crippen LogP contribution >= 0.6 is 11.6 Å². The Morgan fingerprint density at radius 1 is 1.42 bits per heavy atom. The molecule has 0 aliphatic carbocycles. The molecule has 0 radical (unpaired) electrons. The van der Waals surface area contributed by atoms with Gasteiger partial charge in [-0.2, -0.15) is 15.2 Å². The Kier molecular flexibility index (Phi) is 4.54. The monoisotopic (exact) mass is 297 g/mol. The van der Waals surface area contributed by atoms with Crippen molar-refractivity contribution < 1.29 is 8.42 Å². The molecule has 1 N–H and O–H groups in total. The van der Waals surface area contributed by atoms with Gasteiger partial charge >= 0.3 is 0 Å². The van der Waals surface area contributed by atoms with Crippen LogP contribution in [0, 0.1) is 22.7 Å². The Hall–Kier alpha value is -1.60. The number of hydrogen-bond donors (Lipinski definition) is 1. The maximum absolute atomic E-state index is 12.2. The molecule has 5 nitrogen and oxygen atoms in total. The third kappa shape index (κ3) is 3.45. The molecule has 100 valence electrons. The van der Waals surface area contributed by atoms with Crippen LogP contribution in [0.4, 0.5) is 0 Å². The van der Waals surface area contributed by atoms with E-state index in [0.29, 0.717) is 6.42 Å². The van der Waals surface area contributed by atoms with Gasteiger partial charge < -0.3 is 0 Å². The van der Waals surface area contributed by atoms with E-state index < -0.39 is 15.6 Å². The SMILES string of the molecule is CCC(C)(C#N)NS(=O)(=O)c1ccc(C#N)cc1Cl. The lowest BCUT2D eigenvalue weighted by Crippen LogP contribution is -2.44. The first-order valence-corrected chi connectivity index (χ1v) is 7.29. The average molecular weight is 298 g/mol. The van der Waals surface area contributed by atoms with Gasteiger partial charge in [0.15, 0.2) is 0 Å². The fourth-order valence-electron chi connectivity index (χ4n) is 1.31. The molecule has 0 spiro atoms. The van der Waals surface area contributed by atoms with Crippen LogP contribution < -0.4 is 4.72 Å². The normalized spacial score (nSPS) is 14.2. The van der Waals surface area contributed by atoms with Crippen LogP contribution in [0.5, 0.6) is 0 Å². The molecular weight excluding hydrogens is 286 g/mol. The van der Waals surface area contributed by atoms with Crippen molar-refractivity contribution in [3.8, 4) is 12.1 Å². The molecule has 0 saturated carbocycles. The van der Waals surface area contributed by atoms with Crippen LogP contribution in [0.1, 0.15) is 25.8 Å². The molecule has 0 saturated heterocycles. The van der Waals surface area contributed by atoms with E-state index in [-0.39, 0.29) is 15.5 Å². The van der Waals surface area contributed by atoms with Gasteiger partial charge in [-0.15, -0.1) is 0 Å². The van der Waals surface area contributed by atoms with Crippen molar-refractivity contribution >= 4 is 21.6 Å².